The Bertz CT molecular complexity index is 770. The van der Waals surface area contributed by atoms with Crippen molar-refractivity contribution in [3.8, 4) is 0 Å². The first-order valence-electron chi connectivity index (χ1n) is 9.34. The third-order valence-electron chi connectivity index (χ3n) is 5.99. The molecule has 134 valence electrons. The zero-order valence-corrected chi connectivity index (χ0v) is 14.7. The van der Waals surface area contributed by atoms with Gasteiger partial charge < -0.3 is 14.8 Å². The molecule has 3 saturated heterocycles. The highest BCUT2D eigenvalue weighted by atomic mass is 16.2. The lowest BCUT2D eigenvalue weighted by atomic mass is 9.93. The molecule has 3 fully saturated rings. The maximum atomic E-state index is 13.1. The van der Waals surface area contributed by atoms with Gasteiger partial charge in [-0.1, -0.05) is 0 Å². The highest BCUT2D eigenvalue weighted by molar-refractivity contribution is 5.94. The number of carbonyl (C=O) groups is 2. The number of nitrogens with one attached hydrogen (secondary N) is 1. The molecule has 2 amide bonds. The van der Waals surface area contributed by atoms with Gasteiger partial charge in [0.2, 0.25) is 5.91 Å². The second-order valence-electron chi connectivity index (χ2n) is 7.70. The molecule has 1 N–H and O–H groups in total. The number of hydrogen-bond donors (Lipinski definition) is 1. The molecule has 25 heavy (non-hydrogen) atoms. The van der Waals surface area contributed by atoms with Gasteiger partial charge in [-0.25, -0.2) is 0 Å². The van der Waals surface area contributed by atoms with Crippen molar-refractivity contribution in [1.29, 1.82) is 0 Å². The molecule has 6 heteroatoms. The molecular formula is C19H25N3O3. The molecule has 1 aliphatic carbocycles. The lowest BCUT2D eigenvalue weighted by Gasteiger charge is -2.36. The molecule has 5 rings (SSSR count). The smallest absolute Gasteiger partial charge is 0.261 e. The summed E-state index contributed by atoms with van der Waals surface area (Å²) in [5.41, 5.74) is 2.10. The second kappa shape index (κ2) is 6.32. The molecule has 0 aromatic carbocycles. The number of fused-ring (bicyclic) bond motifs is 5. The molecule has 2 bridgehead atoms. The minimum absolute atomic E-state index is 0.0191. The van der Waals surface area contributed by atoms with Crippen LogP contribution in [0.3, 0.4) is 0 Å². The van der Waals surface area contributed by atoms with Crippen molar-refractivity contribution in [2.75, 3.05) is 19.6 Å². The van der Waals surface area contributed by atoms with E-state index >= 15 is 0 Å². The predicted molar refractivity (Wildman–Crippen MR) is 93.5 cm³/mol. The molecule has 3 aliphatic heterocycles. The highest BCUT2D eigenvalue weighted by Gasteiger charge is 2.38. The topological polar surface area (TPSA) is 73.5 Å². The molecule has 1 aromatic heterocycles. The standard InChI is InChI=1S/C19H25N3O3/c1-12(23)21-9-13-6-7-15(11-21)22(10-13)19(25)16-8-14-4-2-3-5-17(14)20-18(16)24/h8,13,15H,2-7,9-11H2,1H3,(H,20,24)/t13-,15+/m0/s1. The van der Waals surface area contributed by atoms with Gasteiger partial charge in [-0.15, -0.1) is 0 Å². The van der Waals surface area contributed by atoms with Crippen LogP contribution < -0.4 is 5.56 Å². The summed E-state index contributed by atoms with van der Waals surface area (Å²) in [6, 6.07) is 1.84. The van der Waals surface area contributed by atoms with Crippen molar-refractivity contribution in [2.24, 2.45) is 5.92 Å². The van der Waals surface area contributed by atoms with Crippen molar-refractivity contribution in [3.05, 3.63) is 33.2 Å². The normalized spacial score (nSPS) is 25.5. The quantitative estimate of drug-likeness (QED) is 0.836. The Kier molecular flexibility index (Phi) is 4.13. The van der Waals surface area contributed by atoms with Crippen LogP contribution in [0.4, 0.5) is 0 Å². The van der Waals surface area contributed by atoms with E-state index in [1.54, 1.807) is 6.92 Å². The van der Waals surface area contributed by atoms with Crippen molar-refractivity contribution in [2.45, 2.75) is 51.5 Å². The Morgan fingerprint density at radius 2 is 1.92 bits per heavy atom. The molecule has 4 heterocycles. The first-order chi connectivity index (χ1) is 12.0. The third kappa shape index (κ3) is 2.98. The molecule has 0 unspecified atom stereocenters. The van der Waals surface area contributed by atoms with Gasteiger partial charge >= 0.3 is 0 Å². The predicted octanol–water partition coefficient (Wildman–Crippen LogP) is 1.34. The van der Waals surface area contributed by atoms with Gasteiger partial charge in [0.1, 0.15) is 5.56 Å². The summed E-state index contributed by atoms with van der Waals surface area (Å²) >= 11 is 0. The SMILES string of the molecule is CC(=O)N1C[C@@H]2CC[C@H](C1)N(C(=O)c1cc3c([nH]c1=O)CCCC3)C2. The van der Waals surface area contributed by atoms with E-state index < -0.39 is 0 Å². The van der Waals surface area contributed by atoms with E-state index in [-0.39, 0.29) is 29.0 Å². The lowest BCUT2D eigenvalue weighted by molar-refractivity contribution is -0.129. The highest BCUT2D eigenvalue weighted by Crippen LogP contribution is 2.29. The fourth-order valence-corrected chi connectivity index (χ4v) is 4.58. The van der Waals surface area contributed by atoms with E-state index in [2.05, 4.69) is 4.98 Å². The Morgan fingerprint density at radius 3 is 2.72 bits per heavy atom. The number of carbonyl (C=O) groups excluding carboxylic acids is 2. The molecule has 1 aromatic rings. The zero-order chi connectivity index (χ0) is 17.6. The molecule has 4 aliphatic rings. The third-order valence-corrected chi connectivity index (χ3v) is 5.99. The largest absolute Gasteiger partial charge is 0.341 e. The maximum absolute atomic E-state index is 13.1. The number of aromatic amines is 1. The number of H-pyrrole nitrogens is 1. The molecular weight excluding hydrogens is 318 g/mol. The molecule has 2 atom stereocenters. The lowest BCUT2D eigenvalue weighted by Crippen LogP contribution is -2.48. The summed E-state index contributed by atoms with van der Waals surface area (Å²) in [6.07, 6.45) is 5.96. The molecule has 6 nitrogen and oxygen atoms in total. The Labute approximate surface area is 147 Å². The minimum atomic E-state index is -0.269. The van der Waals surface area contributed by atoms with Crippen LogP contribution in [-0.2, 0) is 17.6 Å². The van der Waals surface area contributed by atoms with E-state index in [9.17, 15) is 14.4 Å². The van der Waals surface area contributed by atoms with E-state index in [1.807, 2.05) is 15.9 Å². The van der Waals surface area contributed by atoms with Gasteiger partial charge in [0.05, 0.1) is 0 Å². The first kappa shape index (κ1) is 16.4. The van der Waals surface area contributed by atoms with Gasteiger partial charge in [-0.3, -0.25) is 14.4 Å². The van der Waals surface area contributed by atoms with E-state index in [0.717, 1.165) is 56.3 Å². The van der Waals surface area contributed by atoms with Crippen LogP contribution in [0.1, 0.15) is 54.2 Å². The van der Waals surface area contributed by atoms with Crippen molar-refractivity contribution < 1.29 is 9.59 Å². The summed E-state index contributed by atoms with van der Waals surface area (Å²) in [4.78, 5) is 44.0. The molecule has 0 saturated carbocycles. The van der Waals surface area contributed by atoms with E-state index in [4.69, 9.17) is 0 Å². The van der Waals surface area contributed by atoms with Crippen molar-refractivity contribution in [1.82, 2.24) is 14.8 Å². The summed E-state index contributed by atoms with van der Waals surface area (Å²) in [7, 11) is 0. The summed E-state index contributed by atoms with van der Waals surface area (Å²) < 4.78 is 0. The summed E-state index contributed by atoms with van der Waals surface area (Å²) in [6.45, 7) is 3.53. The summed E-state index contributed by atoms with van der Waals surface area (Å²) in [5, 5.41) is 0. The number of nitrogens with zero attached hydrogens (tertiary/aromatic N) is 2. The fourth-order valence-electron chi connectivity index (χ4n) is 4.58. The molecule has 0 radical (unpaired) electrons. The van der Waals surface area contributed by atoms with E-state index in [1.165, 1.54) is 0 Å². The monoisotopic (exact) mass is 343 g/mol. The average molecular weight is 343 g/mol. The molecule has 0 spiro atoms. The number of hydrogen-bond acceptors (Lipinski definition) is 3. The van der Waals surface area contributed by atoms with Gasteiger partial charge in [0.25, 0.3) is 11.5 Å². The average Bonchev–Trinajstić information content (AvgIpc) is 2.93. The number of aryl methyl sites for hydroxylation is 2. The first-order valence-corrected chi connectivity index (χ1v) is 9.34. The van der Waals surface area contributed by atoms with Crippen molar-refractivity contribution in [3.63, 3.8) is 0 Å². The van der Waals surface area contributed by atoms with Gasteiger partial charge in [0.15, 0.2) is 0 Å². The number of pyridine rings is 1. The number of amides is 2. The van der Waals surface area contributed by atoms with Crippen LogP contribution in [0.15, 0.2) is 10.9 Å². The van der Waals surface area contributed by atoms with Gasteiger partial charge in [0, 0.05) is 38.3 Å². The van der Waals surface area contributed by atoms with Crippen LogP contribution in [0.2, 0.25) is 0 Å². The second-order valence-corrected chi connectivity index (χ2v) is 7.70. The Balaban J connectivity index is 1.63. The van der Waals surface area contributed by atoms with Crippen LogP contribution >= 0.6 is 0 Å². The van der Waals surface area contributed by atoms with Gasteiger partial charge in [-0.05, 0) is 56.1 Å². The van der Waals surface area contributed by atoms with Crippen LogP contribution in [0.5, 0.6) is 0 Å². The van der Waals surface area contributed by atoms with Crippen LogP contribution in [0.25, 0.3) is 0 Å². The Hall–Kier alpha value is -2.11. The fraction of sp³-hybridized carbons (Fsp3) is 0.632. The summed E-state index contributed by atoms with van der Waals surface area (Å²) in [5.74, 6) is 0.205. The zero-order valence-electron chi connectivity index (χ0n) is 14.7. The minimum Gasteiger partial charge on any atom is -0.341 e. The number of aromatic nitrogens is 1. The van der Waals surface area contributed by atoms with Crippen LogP contribution in [-0.4, -0.2) is 52.3 Å². The van der Waals surface area contributed by atoms with Gasteiger partial charge in [-0.2, -0.15) is 0 Å². The van der Waals surface area contributed by atoms with E-state index in [0.29, 0.717) is 19.0 Å². The number of rotatable bonds is 1. The Morgan fingerprint density at radius 1 is 1.12 bits per heavy atom. The van der Waals surface area contributed by atoms with Crippen molar-refractivity contribution >= 4 is 11.8 Å². The maximum Gasteiger partial charge on any atom is 0.261 e. The van der Waals surface area contributed by atoms with Crippen LogP contribution in [0, 0.1) is 5.92 Å². The number of piperidine rings is 1.